The number of rotatable bonds is 6. The first-order valence-electron chi connectivity index (χ1n) is 21.7. The van der Waals surface area contributed by atoms with E-state index in [1.165, 1.54) is 22.3 Å². The van der Waals surface area contributed by atoms with Gasteiger partial charge < -0.3 is 0 Å². The Bertz CT molecular complexity index is 3820. The lowest BCUT2D eigenvalue weighted by atomic mass is 9.82. The minimum absolute atomic E-state index is 0.184. The van der Waals surface area contributed by atoms with Crippen molar-refractivity contribution >= 4 is 21.8 Å². The average Bonchev–Trinajstić information content (AvgIpc) is 3.82. The molecule has 0 spiro atoms. The van der Waals surface area contributed by atoms with E-state index in [0.29, 0.717) is 39.9 Å². The molecule has 11 rings (SSSR count). The van der Waals surface area contributed by atoms with Gasteiger partial charge in [0.05, 0.1) is 11.0 Å². The maximum absolute atomic E-state index is 6.15. The molecule has 4 nitrogen and oxygen atoms in total. The molecule has 0 atom stereocenters. The monoisotopic (exact) mass is 838 g/mol. The van der Waals surface area contributed by atoms with Gasteiger partial charge in [-0.15, -0.1) is 25.7 Å². The third kappa shape index (κ3) is 6.21. The molecule has 0 bridgehead atoms. The summed E-state index contributed by atoms with van der Waals surface area (Å²) < 4.78 is 2.20. The van der Waals surface area contributed by atoms with Crippen LogP contribution in [-0.2, 0) is 5.41 Å². The molecule has 0 amide bonds. The minimum Gasteiger partial charge on any atom is -0.278 e. The first-order valence-corrected chi connectivity index (χ1v) is 21.7. The molecule has 8 aromatic carbocycles. The molecular formula is C62H38N4. The van der Waals surface area contributed by atoms with Crippen LogP contribution in [0.25, 0.3) is 95.0 Å². The van der Waals surface area contributed by atoms with Gasteiger partial charge in [-0.25, -0.2) is 4.98 Å². The summed E-state index contributed by atoms with van der Waals surface area (Å²) in [6, 6.07) is 58.2. The van der Waals surface area contributed by atoms with Crippen LogP contribution in [-0.4, -0.2) is 19.5 Å². The lowest BCUT2D eigenvalue weighted by Crippen LogP contribution is -2.15. The molecular weight excluding hydrogens is 801 g/mol. The summed E-state index contributed by atoms with van der Waals surface area (Å²) in [5, 5.41) is 2.28. The Balaban J connectivity index is 1.07. The molecule has 66 heavy (non-hydrogen) atoms. The maximum Gasteiger partial charge on any atom is 0.238 e. The van der Waals surface area contributed by atoms with Gasteiger partial charge in [-0.2, -0.15) is 9.97 Å². The topological polar surface area (TPSA) is 43.6 Å². The number of para-hydroxylation sites is 1. The Morgan fingerprint density at radius 2 is 0.970 bits per heavy atom. The minimum atomic E-state index is -0.184. The van der Waals surface area contributed by atoms with Crippen LogP contribution in [0.15, 0.2) is 170 Å². The third-order valence-corrected chi connectivity index (χ3v) is 13.0. The summed E-state index contributed by atoms with van der Waals surface area (Å²) in [6.07, 6.45) is 24.1. The lowest BCUT2D eigenvalue weighted by Gasteiger charge is -2.21. The predicted molar refractivity (Wildman–Crippen MR) is 271 cm³/mol. The van der Waals surface area contributed by atoms with Crippen LogP contribution in [0.2, 0.25) is 0 Å². The number of terminal acetylenes is 4. The molecule has 0 unspecified atom stereocenters. The normalized spacial score (nSPS) is 12.2. The fraction of sp³-hybridized carbons (Fsp3) is 0.0484. The second-order valence-corrected chi connectivity index (χ2v) is 17.0. The van der Waals surface area contributed by atoms with E-state index < -0.39 is 0 Å². The zero-order chi connectivity index (χ0) is 45.1. The van der Waals surface area contributed by atoms with Crippen molar-refractivity contribution < 1.29 is 0 Å². The average molecular weight is 839 g/mol. The van der Waals surface area contributed by atoms with Gasteiger partial charge in [0.15, 0.2) is 11.6 Å². The van der Waals surface area contributed by atoms with Crippen molar-refractivity contribution in [3.05, 3.63) is 203 Å². The predicted octanol–water partition coefficient (Wildman–Crippen LogP) is 13.5. The van der Waals surface area contributed by atoms with E-state index in [2.05, 4.69) is 145 Å². The number of hydrogen-bond acceptors (Lipinski definition) is 3. The van der Waals surface area contributed by atoms with E-state index in [9.17, 15) is 0 Å². The Labute approximate surface area is 384 Å². The number of aromatic nitrogens is 4. The van der Waals surface area contributed by atoms with Crippen LogP contribution in [0, 0.1) is 49.4 Å². The van der Waals surface area contributed by atoms with E-state index in [1.54, 1.807) is 0 Å². The van der Waals surface area contributed by atoms with E-state index in [0.717, 1.165) is 66.3 Å². The van der Waals surface area contributed by atoms with Gasteiger partial charge in [0.25, 0.3) is 0 Å². The lowest BCUT2D eigenvalue weighted by molar-refractivity contribution is 0.661. The van der Waals surface area contributed by atoms with Gasteiger partial charge in [-0.05, 0) is 92.0 Å². The molecule has 0 fully saturated rings. The van der Waals surface area contributed by atoms with E-state index >= 15 is 0 Å². The second kappa shape index (κ2) is 15.6. The first kappa shape index (κ1) is 39.6. The highest BCUT2D eigenvalue weighted by molar-refractivity contribution is 6.11. The van der Waals surface area contributed by atoms with Gasteiger partial charge in [0.1, 0.15) is 0 Å². The number of nitrogens with zero attached hydrogens (tertiary/aromatic N) is 4. The highest BCUT2D eigenvalue weighted by atomic mass is 15.2. The molecule has 10 aromatic rings. The molecule has 1 aliphatic rings. The molecule has 1 aliphatic carbocycles. The summed E-state index contributed by atoms with van der Waals surface area (Å²) in [5.74, 6) is 12.9. The van der Waals surface area contributed by atoms with Gasteiger partial charge in [-0.3, -0.25) is 4.57 Å². The van der Waals surface area contributed by atoms with Gasteiger partial charge in [0.2, 0.25) is 5.95 Å². The van der Waals surface area contributed by atoms with Crippen molar-refractivity contribution in [1.82, 2.24) is 19.5 Å². The fourth-order valence-corrected chi connectivity index (χ4v) is 9.79. The Morgan fingerprint density at radius 1 is 0.394 bits per heavy atom. The van der Waals surface area contributed by atoms with Crippen molar-refractivity contribution in [1.29, 1.82) is 0 Å². The van der Waals surface area contributed by atoms with Crippen LogP contribution in [0.4, 0.5) is 0 Å². The number of fused-ring (bicyclic) bond motifs is 6. The van der Waals surface area contributed by atoms with Gasteiger partial charge in [-0.1, -0.05) is 171 Å². The first-order chi connectivity index (χ1) is 32.3. The summed E-state index contributed by atoms with van der Waals surface area (Å²) in [4.78, 5) is 15.6. The SMILES string of the molecule is C#Cc1cccc(-c2ccc(-c3ccc(-c4nc(-c5ccccc5)nc(-n5c6ccccc6c6cc7c(cc65)C(C)(C)c5ccccc5-7)n4)cc3)cc2-c2cccc(C#C)c2C#C)c1C#C. The van der Waals surface area contributed by atoms with Crippen molar-refractivity contribution in [3.8, 4) is 123 Å². The van der Waals surface area contributed by atoms with Crippen molar-refractivity contribution in [2.24, 2.45) is 0 Å². The van der Waals surface area contributed by atoms with Crippen molar-refractivity contribution in [3.63, 3.8) is 0 Å². The second-order valence-electron chi connectivity index (χ2n) is 17.0. The number of hydrogen-bond donors (Lipinski definition) is 0. The largest absolute Gasteiger partial charge is 0.278 e. The Hall–Kier alpha value is -9.19. The molecule has 4 heteroatoms. The van der Waals surface area contributed by atoms with Crippen molar-refractivity contribution in [2.75, 3.05) is 0 Å². The summed E-state index contributed by atoms with van der Waals surface area (Å²) in [5.41, 5.74) is 16.7. The van der Waals surface area contributed by atoms with Crippen LogP contribution in [0.1, 0.15) is 47.2 Å². The third-order valence-electron chi connectivity index (χ3n) is 13.0. The number of benzene rings is 8. The molecule has 0 N–H and O–H groups in total. The quantitative estimate of drug-likeness (QED) is 0.157. The standard InChI is InChI=1S/C62H38N4/c1-7-39-22-18-26-47(45(39)9-3)49-35-34-44(36-52(49)48-27-19-23-40(8-2)46(48)10-4)41-30-32-43(33-31-41)60-63-59(42-20-12-11-13-21-42)64-61(65-60)66-57-29-17-15-25-51(57)54-37-53-50-24-14-16-28-55(50)62(5,6)56(53)38-58(54)66/h1-4,11-38H,5-6H3. The zero-order valence-electron chi connectivity index (χ0n) is 36.3. The van der Waals surface area contributed by atoms with E-state index in [4.69, 9.17) is 40.6 Å². The Kier molecular flexibility index (Phi) is 9.34. The van der Waals surface area contributed by atoms with Crippen LogP contribution >= 0.6 is 0 Å². The molecule has 0 saturated carbocycles. The van der Waals surface area contributed by atoms with Gasteiger partial charge in [0, 0.05) is 49.6 Å². The highest BCUT2D eigenvalue weighted by Gasteiger charge is 2.36. The molecule has 0 saturated heterocycles. The van der Waals surface area contributed by atoms with Gasteiger partial charge >= 0.3 is 0 Å². The molecule has 0 aliphatic heterocycles. The van der Waals surface area contributed by atoms with Crippen LogP contribution in [0.5, 0.6) is 0 Å². The van der Waals surface area contributed by atoms with E-state index in [1.807, 2.05) is 66.7 Å². The molecule has 0 radical (unpaired) electrons. The molecule has 306 valence electrons. The summed E-state index contributed by atoms with van der Waals surface area (Å²) in [7, 11) is 0. The van der Waals surface area contributed by atoms with E-state index in [-0.39, 0.29) is 5.41 Å². The highest BCUT2D eigenvalue weighted by Crippen LogP contribution is 2.51. The van der Waals surface area contributed by atoms with Crippen LogP contribution in [0.3, 0.4) is 0 Å². The summed E-state index contributed by atoms with van der Waals surface area (Å²) in [6.45, 7) is 4.62. The zero-order valence-corrected chi connectivity index (χ0v) is 36.3. The Morgan fingerprint density at radius 3 is 1.65 bits per heavy atom. The molecule has 2 heterocycles. The fourth-order valence-electron chi connectivity index (χ4n) is 9.79. The summed E-state index contributed by atoms with van der Waals surface area (Å²) >= 11 is 0. The van der Waals surface area contributed by atoms with Crippen molar-refractivity contribution in [2.45, 2.75) is 19.3 Å². The smallest absolute Gasteiger partial charge is 0.238 e. The maximum atomic E-state index is 6.15. The van der Waals surface area contributed by atoms with Crippen LogP contribution < -0.4 is 0 Å². The molecule has 2 aromatic heterocycles.